The van der Waals surface area contributed by atoms with E-state index in [0.29, 0.717) is 23.0 Å². The third-order valence-corrected chi connectivity index (χ3v) is 7.12. The fourth-order valence-electron chi connectivity index (χ4n) is 4.17. The smallest absolute Gasteiger partial charge is 0.260 e. The monoisotopic (exact) mass is 503 g/mol. The predicted molar refractivity (Wildman–Crippen MR) is 143 cm³/mol. The van der Waals surface area contributed by atoms with E-state index in [4.69, 9.17) is 19.2 Å². The Bertz CT molecular complexity index is 1300. The van der Waals surface area contributed by atoms with E-state index in [1.165, 1.54) is 11.3 Å². The standard InChI is InChI=1S/C28H29N3O4S/c1-33-23-11-12-25-26(20-23)36-28(29-25)31(14-6-13-30-15-17-34-18-16-30)27(32)21-7-5-10-24(19-21)35-22-8-3-2-4-9-22/h2-5,7-12,19-20H,6,13-18H2,1H3. The zero-order valence-corrected chi connectivity index (χ0v) is 21.1. The number of nitrogens with zero attached hydrogens (tertiary/aromatic N) is 3. The van der Waals surface area contributed by atoms with Crippen molar-refractivity contribution in [1.29, 1.82) is 0 Å². The van der Waals surface area contributed by atoms with Crippen LogP contribution in [0.5, 0.6) is 17.2 Å². The Hall–Kier alpha value is -3.46. The highest BCUT2D eigenvalue weighted by atomic mass is 32.1. The zero-order valence-electron chi connectivity index (χ0n) is 20.3. The minimum Gasteiger partial charge on any atom is -0.497 e. The van der Waals surface area contributed by atoms with Crippen LogP contribution in [0.25, 0.3) is 10.2 Å². The van der Waals surface area contributed by atoms with Crippen molar-refractivity contribution in [1.82, 2.24) is 9.88 Å². The third kappa shape index (κ3) is 5.84. The van der Waals surface area contributed by atoms with E-state index >= 15 is 0 Å². The Morgan fingerprint density at radius 2 is 1.81 bits per heavy atom. The number of morpholine rings is 1. The van der Waals surface area contributed by atoms with E-state index in [9.17, 15) is 4.79 Å². The van der Waals surface area contributed by atoms with Crippen LogP contribution in [0.1, 0.15) is 16.8 Å². The van der Waals surface area contributed by atoms with Gasteiger partial charge in [0.25, 0.3) is 5.91 Å². The molecule has 0 bridgehead atoms. The van der Waals surface area contributed by atoms with Crippen molar-refractivity contribution in [2.75, 3.05) is 51.4 Å². The third-order valence-electron chi connectivity index (χ3n) is 6.08. The number of benzene rings is 3. The first kappa shape index (κ1) is 24.2. The topological polar surface area (TPSA) is 64.1 Å². The predicted octanol–water partition coefficient (Wildman–Crippen LogP) is 5.47. The second kappa shape index (κ2) is 11.5. The van der Waals surface area contributed by atoms with E-state index in [1.54, 1.807) is 18.1 Å². The minimum atomic E-state index is -0.0958. The summed E-state index contributed by atoms with van der Waals surface area (Å²) < 4.78 is 17.8. The van der Waals surface area contributed by atoms with Gasteiger partial charge in [0, 0.05) is 31.7 Å². The van der Waals surface area contributed by atoms with Gasteiger partial charge in [-0.25, -0.2) is 4.98 Å². The fourth-order valence-corrected chi connectivity index (χ4v) is 5.19. The Morgan fingerprint density at radius 3 is 2.61 bits per heavy atom. The highest BCUT2D eigenvalue weighted by Crippen LogP contribution is 2.33. The number of methoxy groups -OCH3 is 1. The van der Waals surface area contributed by atoms with Crippen molar-refractivity contribution in [3.63, 3.8) is 0 Å². The van der Waals surface area contributed by atoms with Gasteiger partial charge in [0.2, 0.25) is 0 Å². The lowest BCUT2D eigenvalue weighted by Crippen LogP contribution is -2.39. The van der Waals surface area contributed by atoms with Gasteiger partial charge < -0.3 is 14.2 Å². The lowest BCUT2D eigenvalue weighted by molar-refractivity contribution is 0.0376. The highest BCUT2D eigenvalue weighted by molar-refractivity contribution is 7.22. The summed E-state index contributed by atoms with van der Waals surface area (Å²) in [4.78, 5) is 22.8. The number of carbonyl (C=O) groups is 1. The minimum absolute atomic E-state index is 0.0958. The van der Waals surface area contributed by atoms with Crippen LogP contribution >= 0.6 is 11.3 Å². The van der Waals surface area contributed by atoms with Gasteiger partial charge in [-0.15, -0.1) is 0 Å². The molecule has 1 fully saturated rings. The van der Waals surface area contributed by atoms with Gasteiger partial charge in [-0.1, -0.05) is 35.6 Å². The largest absolute Gasteiger partial charge is 0.497 e. The van der Waals surface area contributed by atoms with E-state index in [1.807, 2.05) is 66.7 Å². The average molecular weight is 504 g/mol. The Labute approximate surface area is 214 Å². The molecule has 1 aliphatic heterocycles. The number of thiazole rings is 1. The van der Waals surface area contributed by atoms with Crippen LogP contribution in [0, 0.1) is 0 Å². The lowest BCUT2D eigenvalue weighted by atomic mass is 10.2. The van der Waals surface area contributed by atoms with Gasteiger partial charge in [-0.2, -0.15) is 0 Å². The SMILES string of the molecule is COc1ccc2nc(N(CCCN3CCOCC3)C(=O)c3cccc(Oc4ccccc4)c3)sc2c1. The second-order valence-corrected chi connectivity index (χ2v) is 9.55. The Kier molecular flexibility index (Phi) is 7.76. The molecule has 0 atom stereocenters. The molecule has 1 aromatic heterocycles. The Balaban J connectivity index is 1.39. The maximum Gasteiger partial charge on any atom is 0.260 e. The van der Waals surface area contributed by atoms with Crippen molar-refractivity contribution < 1.29 is 19.0 Å². The summed E-state index contributed by atoms with van der Waals surface area (Å²) in [5, 5.41) is 0.680. The number of ether oxygens (including phenoxy) is 3. The van der Waals surface area contributed by atoms with Gasteiger partial charge in [0.15, 0.2) is 5.13 Å². The summed E-state index contributed by atoms with van der Waals surface area (Å²) in [5.74, 6) is 2.02. The van der Waals surface area contributed by atoms with E-state index < -0.39 is 0 Å². The molecule has 0 N–H and O–H groups in total. The number of anilines is 1. The van der Waals surface area contributed by atoms with Crippen molar-refractivity contribution >= 4 is 32.6 Å². The second-order valence-electron chi connectivity index (χ2n) is 8.54. The van der Waals surface area contributed by atoms with Crippen molar-refractivity contribution in [2.24, 2.45) is 0 Å². The first-order chi connectivity index (χ1) is 17.7. The molecule has 4 aromatic rings. The molecule has 1 amide bonds. The maximum atomic E-state index is 13.8. The molecule has 0 spiro atoms. The molecule has 5 rings (SSSR count). The molecule has 7 nitrogen and oxygen atoms in total. The molecular formula is C28H29N3O4S. The molecular weight excluding hydrogens is 474 g/mol. The van der Waals surface area contributed by atoms with Gasteiger partial charge in [0.1, 0.15) is 17.2 Å². The summed E-state index contributed by atoms with van der Waals surface area (Å²) in [7, 11) is 1.65. The molecule has 0 aliphatic carbocycles. The number of fused-ring (bicyclic) bond motifs is 1. The molecule has 2 heterocycles. The molecule has 0 radical (unpaired) electrons. The van der Waals surface area contributed by atoms with Crippen LogP contribution in [0.2, 0.25) is 0 Å². The number of carbonyl (C=O) groups excluding carboxylic acids is 1. The van der Waals surface area contributed by atoms with Crippen LogP contribution in [-0.4, -0.2) is 62.3 Å². The molecule has 0 unspecified atom stereocenters. The number of hydrogen-bond donors (Lipinski definition) is 0. The summed E-state index contributed by atoms with van der Waals surface area (Å²) >= 11 is 1.50. The summed E-state index contributed by atoms with van der Waals surface area (Å²) in [6, 6.07) is 22.7. The van der Waals surface area contributed by atoms with Gasteiger partial charge in [-0.3, -0.25) is 14.6 Å². The lowest BCUT2D eigenvalue weighted by Gasteiger charge is -2.27. The quantitative estimate of drug-likeness (QED) is 0.302. The molecule has 3 aromatic carbocycles. The van der Waals surface area contributed by atoms with Crippen LogP contribution in [-0.2, 0) is 4.74 Å². The van der Waals surface area contributed by atoms with Crippen molar-refractivity contribution in [3.05, 3.63) is 78.4 Å². The first-order valence-corrected chi connectivity index (χ1v) is 12.9. The summed E-state index contributed by atoms with van der Waals surface area (Å²) in [6.45, 7) is 4.84. The van der Waals surface area contributed by atoms with Gasteiger partial charge in [-0.05, 0) is 55.0 Å². The van der Waals surface area contributed by atoms with Gasteiger partial charge in [0.05, 0.1) is 30.5 Å². The number of para-hydroxylation sites is 1. The first-order valence-electron chi connectivity index (χ1n) is 12.1. The normalized spacial score (nSPS) is 14.0. The van der Waals surface area contributed by atoms with Crippen molar-refractivity contribution in [3.8, 4) is 17.2 Å². The average Bonchev–Trinajstić information content (AvgIpc) is 3.35. The highest BCUT2D eigenvalue weighted by Gasteiger charge is 2.22. The molecule has 8 heteroatoms. The zero-order chi connectivity index (χ0) is 24.7. The van der Waals surface area contributed by atoms with E-state index in [0.717, 1.165) is 61.0 Å². The van der Waals surface area contributed by atoms with Crippen LogP contribution < -0.4 is 14.4 Å². The van der Waals surface area contributed by atoms with Crippen LogP contribution in [0.3, 0.4) is 0 Å². The molecule has 1 aliphatic rings. The fraction of sp³-hybridized carbons (Fsp3) is 0.286. The van der Waals surface area contributed by atoms with Crippen LogP contribution in [0.15, 0.2) is 72.8 Å². The number of aromatic nitrogens is 1. The summed E-state index contributed by atoms with van der Waals surface area (Å²) in [5.41, 5.74) is 1.41. The Morgan fingerprint density at radius 1 is 1.00 bits per heavy atom. The van der Waals surface area contributed by atoms with E-state index in [2.05, 4.69) is 4.90 Å². The molecule has 1 saturated heterocycles. The van der Waals surface area contributed by atoms with Gasteiger partial charge >= 0.3 is 0 Å². The van der Waals surface area contributed by atoms with Crippen molar-refractivity contribution in [2.45, 2.75) is 6.42 Å². The number of rotatable bonds is 9. The number of hydrogen-bond acceptors (Lipinski definition) is 7. The molecule has 186 valence electrons. The molecule has 36 heavy (non-hydrogen) atoms. The number of amides is 1. The summed E-state index contributed by atoms with van der Waals surface area (Å²) in [6.07, 6.45) is 0.838. The van der Waals surface area contributed by atoms with E-state index in [-0.39, 0.29) is 5.91 Å². The maximum absolute atomic E-state index is 13.8. The molecule has 0 saturated carbocycles. The van der Waals surface area contributed by atoms with Crippen LogP contribution in [0.4, 0.5) is 5.13 Å².